The van der Waals surface area contributed by atoms with Gasteiger partial charge in [0.1, 0.15) is 5.82 Å². The van der Waals surface area contributed by atoms with Crippen LogP contribution in [0, 0.1) is 12.3 Å². The number of benzene rings is 1. The van der Waals surface area contributed by atoms with Crippen molar-refractivity contribution in [2.24, 2.45) is 5.41 Å². The third kappa shape index (κ3) is 3.61. The van der Waals surface area contributed by atoms with Crippen molar-refractivity contribution in [1.82, 2.24) is 25.3 Å². The number of hydrogen-bond donors (Lipinski definition) is 4. The van der Waals surface area contributed by atoms with E-state index in [1.807, 2.05) is 52.0 Å². The lowest BCUT2D eigenvalue weighted by atomic mass is 9.87. The lowest BCUT2D eigenvalue weighted by Gasteiger charge is -2.29. The van der Waals surface area contributed by atoms with E-state index in [2.05, 4.69) is 25.3 Å². The number of aliphatic hydroxyl groups is 1. The van der Waals surface area contributed by atoms with Crippen molar-refractivity contribution >= 4 is 28.0 Å². The molecule has 4 rings (SSSR count). The molecule has 7 heteroatoms. The molecular formula is C22H25N5O2. The molecule has 1 atom stereocenters. The standard InChI is InChI=1S/C22H25N5O2/c1-12-24-19-15(7-8-23-20(19)25-12)17-9-13-5-6-14(10-16(13)26-17)21(29)27-18(11-28)22(2,3)4/h5-10,18,26,28H,11H2,1-4H3,(H,27,29)(H,23,24,25). The fraction of sp³-hybridized carbons (Fsp3) is 0.318. The maximum absolute atomic E-state index is 12.7. The fourth-order valence-corrected chi connectivity index (χ4v) is 3.44. The zero-order chi connectivity index (χ0) is 20.8. The highest BCUT2D eigenvalue weighted by molar-refractivity contribution is 6.00. The Kier molecular flexibility index (Phi) is 4.62. The number of H-pyrrole nitrogens is 2. The van der Waals surface area contributed by atoms with Crippen LogP contribution in [0.2, 0.25) is 0 Å². The maximum atomic E-state index is 12.7. The van der Waals surface area contributed by atoms with Gasteiger partial charge in [0.2, 0.25) is 0 Å². The van der Waals surface area contributed by atoms with Crippen molar-refractivity contribution in [1.29, 1.82) is 0 Å². The van der Waals surface area contributed by atoms with E-state index in [1.54, 1.807) is 12.3 Å². The molecule has 0 spiro atoms. The Hall–Kier alpha value is -3.19. The van der Waals surface area contributed by atoms with Crippen molar-refractivity contribution in [2.45, 2.75) is 33.7 Å². The summed E-state index contributed by atoms with van der Waals surface area (Å²) in [6.45, 7) is 7.76. The number of nitrogens with one attached hydrogen (secondary N) is 3. The Balaban J connectivity index is 1.68. The predicted molar refractivity (Wildman–Crippen MR) is 114 cm³/mol. The van der Waals surface area contributed by atoms with Crippen molar-refractivity contribution in [3.8, 4) is 11.3 Å². The van der Waals surface area contributed by atoms with Gasteiger partial charge in [0.05, 0.1) is 18.2 Å². The third-order valence-electron chi connectivity index (χ3n) is 5.22. The fourth-order valence-electron chi connectivity index (χ4n) is 3.44. The number of imidazole rings is 1. The van der Waals surface area contributed by atoms with E-state index in [0.717, 1.165) is 33.5 Å². The number of nitrogens with zero attached hydrogens (tertiary/aromatic N) is 2. The summed E-state index contributed by atoms with van der Waals surface area (Å²) in [6, 6.07) is 9.22. The van der Waals surface area contributed by atoms with Gasteiger partial charge < -0.3 is 20.4 Å². The summed E-state index contributed by atoms with van der Waals surface area (Å²) in [5.41, 5.74) is 4.64. The van der Waals surface area contributed by atoms with E-state index in [9.17, 15) is 9.90 Å². The second kappa shape index (κ2) is 7.00. The molecule has 1 unspecified atom stereocenters. The number of aliphatic hydroxyl groups excluding tert-OH is 1. The Morgan fingerprint density at radius 3 is 2.72 bits per heavy atom. The van der Waals surface area contributed by atoms with Gasteiger partial charge in [-0.05, 0) is 36.6 Å². The molecule has 4 N–H and O–H groups in total. The van der Waals surface area contributed by atoms with Gasteiger partial charge in [0, 0.05) is 33.9 Å². The topological polar surface area (TPSA) is 107 Å². The lowest BCUT2D eigenvalue weighted by molar-refractivity contribution is 0.0848. The quantitative estimate of drug-likeness (QED) is 0.427. The molecule has 3 heterocycles. The molecule has 0 fully saturated rings. The smallest absolute Gasteiger partial charge is 0.251 e. The van der Waals surface area contributed by atoms with Gasteiger partial charge in [-0.3, -0.25) is 4.79 Å². The number of amides is 1. The molecule has 150 valence electrons. The largest absolute Gasteiger partial charge is 0.394 e. The summed E-state index contributed by atoms with van der Waals surface area (Å²) in [6.07, 6.45) is 1.74. The van der Waals surface area contributed by atoms with Crippen LogP contribution in [-0.2, 0) is 0 Å². The highest BCUT2D eigenvalue weighted by Crippen LogP contribution is 2.29. The Bertz CT molecular complexity index is 1200. The van der Waals surface area contributed by atoms with E-state index in [4.69, 9.17) is 0 Å². The van der Waals surface area contributed by atoms with Crippen molar-refractivity contribution < 1.29 is 9.90 Å². The van der Waals surface area contributed by atoms with Gasteiger partial charge in [0.15, 0.2) is 5.65 Å². The van der Waals surface area contributed by atoms with Crippen LogP contribution >= 0.6 is 0 Å². The normalized spacial score (nSPS) is 13.1. The molecule has 7 nitrogen and oxygen atoms in total. The molecule has 0 saturated heterocycles. The molecule has 1 aromatic carbocycles. The summed E-state index contributed by atoms with van der Waals surface area (Å²) in [5.74, 6) is 0.611. The molecule has 0 saturated carbocycles. The summed E-state index contributed by atoms with van der Waals surface area (Å²) >= 11 is 0. The van der Waals surface area contributed by atoms with Crippen LogP contribution in [0.4, 0.5) is 0 Å². The highest BCUT2D eigenvalue weighted by Gasteiger charge is 2.26. The van der Waals surface area contributed by atoms with Gasteiger partial charge in [-0.15, -0.1) is 0 Å². The number of aryl methyl sites for hydroxylation is 1. The van der Waals surface area contributed by atoms with Crippen LogP contribution in [0.1, 0.15) is 37.0 Å². The Labute approximate surface area is 168 Å². The molecule has 3 aromatic heterocycles. The first-order valence-corrected chi connectivity index (χ1v) is 9.62. The summed E-state index contributed by atoms with van der Waals surface area (Å²) < 4.78 is 0. The minimum atomic E-state index is -0.321. The van der Waals surface area contributed by atoms with E-state index in [-0.39, 0.29) is 24.0 Å². The van der Waals surface area contributed by atoms with Gasteiger partial charge >= 0.3 is 0 Å². The lowest BCUT2D eigenvalue weighted by Crippen LogP contribution is -2.46. The van der Waals surface area contributed by atoms with Crippen molar-refractivity contribution in [3.05, 3.63) is 47.9 Å². The first-order valence-electron chi connectivity index (χ1n) is 9.62. The molecule has 0 aliphatic carbocycles. The van der Waals surface area contributed by atoms with E-state index < -0.39 is 0 Å². The number of carbonyl (C=O) groups is 1. The first kappa shape index (κ1) is 19.1. The van der Waals surface area contributed by atoms with E-state index in [0.29, 0.717) is 11.2 Å². The van der Waals surface area contributed by atoms with Crippen LogP contribution in [0.25, 0.3) is 33.3 Å². The van der Waals surface area contributed by atoms with Crippen LogP contribution in [-0.4, -0.2) is 43.6 Å². The Morgan fingerprint density at radius 2 is 2.00 bits per heavy atom. The second-order valence-electron chi connectivity index (χ2n) is 8.44. The molecule has 4 aromatic rings. The summed E-state index contributed by atoms with van der Waals surface area (Å²) in [7, 11) is 0. The third-order valence-corrected chi connectivity index (χ3v) is 5.22. The average Bonchev–Trinajstić information content (AvgIpc) is 3.26. The monoisotopic (exact) mass is 391 g/mol. The number of hydrogen-bond acceptors (Lipinski definition) is 4. The summed E-state index contributed by atoms with van der Waals surface area (Å²) in [4.78, 5) is 28.1. The van der Waals surface area contributed by atoms with Gasteiger partial charge in [-0.25, -0.2) is 9.97 Å². The van der Waals surface area contributed by atoms with Crippen LogP contribution in [0.15, 0.2) is 36.5 Å². The number of carbonyl (C=O) groups excluding carboxylic acids is 1. The van der Waals surface area contributed by atoms with Crippen LogP contribution < -0.4 is 5.32 Å². The predicted octanol–water partition coefficient (Wildman–Crippen LogP) is 3.55. The number of aromatic nitrogens is 4. The zero-order valence-electron chi connectivity index (χ0n) is 17.0. The maximum Gasteiger partial charge on any atom is 0.251 e. The van der Waals surface area contributed by atoms with Crippen LogP contribution in [0.3, 0.4) is 0 Å². The second-order valence-corrected chi connectivity index (χ2v) is 8.44. The minimum Gasteiger partial charge on any atom is -0.394 e. The number of pyridine rings is 1. The van der Waals surface area contributed by atoms with Gasteiger partial charge in [0.25, 0.3) is 5.91 Å². The average molecular weight is 391 g/mol. The van der Waals surface area contributed by atoms with Crippen LogP contribution in [0.5, 0.6) is 0 Å². The van der Waals surface area contributed by atoms with Crippen molar-refractivity contribution in [2.75, 3.05) is 6.61 Å². The molecular weight excluding hydrogens is 366 g/mol. The number of rotatable bonds is 4. The molecule has 0 radical (unpaired) electrons. The molecule has 0 aliphatic rings. The minimum absolute atomic E-state index is 0.105. The van der Waals surface area contributed by atoms with Crippen molar-refractivity contribution in [3.63, 3.8) is 0 Å². The van der Waals surface area contributed by atoms with Gasteiger partial charge in [-0.2, -0.15) is 0 Å². The molecule has 0 bridgehead atoms. The number of fused-ring (bicyclic) bond motifs is 2. The zero-order valence-corrected chi connectivity index (χ0v) is 17.0. The molecule has 1 amide bonds. The van der Waals surface area contributed by atoms with E-state index in [1.165, 1.54) is 0 Å². The summed E-state index contributed by atoms with van der Waals surface area (Å²) in [5, 5.41) is 13.5. The van der Waals surface area contributed by atoms with Gasteiger partial charge in [-0.1, -0.05) is 26.8 Å². The Morgan fingerprint density at radius 1 is 1.21 bits per heavy atom. The first-order chi connectivity index (χ1) is 13.8. The van der Waals surface area contributed by atoms with E-state index >= 15 is 0 Å². The molecule has 0 aliphatic heterocycles. The SMILES string of the molecule is Cc1nc2nccc(-c3cc4ccc(C(=O)NC(CO)C(C)(C)C)cc4[nH]3)c2[nH]1. The highest BCUT2D eigenvalue weighted by atomic mass is 16.3. The number of aromatic amines is 2. The molecule has 29 heavy (non-hydrogen) atoms.